The third-order valence-electron chi connectivity index (χ3n) is 7.64. The van der Waals surface area contributed by atoms with Gasteiger partial charge in [0, 0.05) is 36.9 Å². The van der Waals surface area contributed by atoms with E-state index in [0.29, 0.717) is 29.1 Å². The highest BCUT2D eigenvalue weighted by Crippen LogP contribution is 2.56. The van der Waals surface area contributed by atoms with E-state index in [1.54, 1.807) is 16.7 Å². The first-order valence-corrected chi connectivity index (χ1v) is 12.7. The van der Waals surface area contributed by atoms with Gasteiger partial charge in [0.2, 0.25) is 0 Å². The molecule has 1 saturated heterocycles. The minimum atomic E-state index is -0.136. The van der Waals surface area contributed by atoms with E-state index in [9.17, 15) is 4.79 Å². The molecule has 1 spiro atoms. The molecule has 4 aromatic rings. The number of aryl methyl sites for hydroxylation is 1. The number of nitrogens with zero attached hydrogens (tertiary/aromatic N) is 3. The Morgan fingerprint density at radius 2 is 1.80 bits per heavy atom. The molecule has 2 fully saturated rings. The van der Waals surface area contributed by atoms with Crippen LogP contribution in [0.5, 0.6) is 0 Å². The van der Waals surface area contributed by atoms with Crippen molar-refractivity contribution in [3.63, 3.8) is 0 Å². The fourth-order valence-electron chi connectivity index (χ4n) is 5.80. The van der Waals surface area contributed by atoms with Crippen LogP contribution in [0.3, 0.4) is 0 Å². The van der Waals surface area contributed by atoms with Gasteiger partial charge in [0.15, 0.2) is 0 Å². The fourth-order valence-corrected chi connectivity index (χ4v) is 5.96. The van der Waals surface area contributed by atoms with Crippen LogP contribution in [0.25, 0.3) is 5.65 Å². The Labute approximate surface area is 210 Å². The van der Waals surface area contributed by atoms with E-state index in [2.05, 4.69) is 69.8 Å². The summed E-state index contributed by atoms with van der Waals surface area (Å²) >= 11 is 6.16. The maximum absolute atomic E-state index is 13.0. The number of nitrogens with one attached hydrogen (secondary N) is 1. The lowest BCUT2D eigenvalue weighted by Gasteiger charge is -2.60. The molecule has 2 aromatic heterocycles. The van der Waals surface area contributed by atoms with Crippen LogP contribution >= 0.6 is 11.6 Å². The van der Waals surface area contributed by atoms with Crippen LogP contribution in [-0.4, -0.2) is 28.4 Å². The van der Waals surface area contributed by atoms with Crippen molar-refractivity contribution in [1.29, 1.82) is 0 Å². The standard InChI is InChI=1S/C29H29ClN4O/c1-2-25-27(34-17-23(30)10-13-26(34)32-25)28(35)31-16-20-8-11-24(12-9-20)33-18-29(19-33)14-22(15-29)21-6-4-3-5-7-21/h3-13,17,22H,2,14-16,18-19H2,1H3,(H,31,35). The zero-order valence-corrected chi connectivity index (χ0v) is 20.6. The maximum Gasteiger partial charge on any atom is 0.270 e. The molecule has 6 heteroatoms. The van der Waals surface area contributed by atoms with Gasteiger partial charge < -0.3 is 10.2 Å². The number of amides is 1. The average molecular weight is 485 g/mol. The lowest BCUT2D eigenvalue weighted by molar-refractivity contribution is 0.0634. The van der Waals surface area contributed by atoms with E-state index in [1.807, 2.05) is 13.0 Å². The highest BCUT2D eigenvalue weighted by Gasteiger charge is 2.52. The molecule has 5 nitrogen and oxygen atoms in total. The number of fused-ring (bicyclic) bond motifs is 1. The van der Waals surface area contributed by atoms with Crippen LogP contribution in [0.4, 0.5) is 5.69 Å². The Balaban J connectivity index is 1.05. The molecule has 1 aliphatic heterocycles. The van der Waals surface area contributed by atoms with Crippen LogP contribution in [0.15, 0.2) is 72.9 Å². The van der Waals surface area contributed by atoms with E-state index in [0.717, 1.165) is 35.9 Å². The van der Waals surface area contributed by atoms with Gasteiger partial charge in [-0.25, -0.2) is 4.98 Å². The first-order chi connectivity index (χ1) is 17.0. The molecule has 3 heterocycles. The van der Waals surface area contributed by atoms with Gasteiger partial charge in [-0.1, -0.05) is 61.0 Å². The van der Waals surface area contributed by atoms with Crippen LogP contribution < -0.4 is 10.2 Å². The van der Waals surface area contributed by atoms with E-state index < -0.39 is 0 Å². The zero-order valence-electron chi connectivity index (χ0n) is 19.9. The predicted molar refractivity (Wildman–Crippen MR) is 140 cm³/mol. The first-order valence-electron chi connectivity index (χ1n) is 12.4. The second-order valence-electron chi connectivity index (χ2n) is 10.1. The molecule has 178 valence electrons. The Bertz CT molecular complexity index is 1370. The Kier molecular flexibility index (Phi) is 5.53. The molecule has 1 aliphatic carbocycles. The number of halogens is 1. The number of anilines is 1. The van der Waals surface area contributed by atoms with Crippen LogP contribution in [-0.2, 0) is 13.0 Å². The van der Waals surface area contributed by atoms with Gasteiger partial charge in [-0.05, 0) is 60.6 Å². The monoisotopic (exact) mass is 484 g/mol. The van der Waals surface area contributed by atoms with E-state index >= 15 is 0 Å². The molecule has 0 bridgehead atoms. The van der Waals surface area contributed by atoms with Crippen LogP contribution in [0.1, 0.15) is 53.0 Å². The molecule has 1 saturated carbocycles. The van der Waals surface area contributed by atoms with Crippen molar-refractivity contribution < 1.29 is 4.79 Å². The lowest BCUT2D eigenvalue weighted by Crippen LogP contribution is -2.61. The normalized spacial score (nSPS) is 16.8. The number of carbonyl (C=O) groups is 1. The number of benzene rings is 2. The second-order valence-corrected chi connectivity index (χ2v) is 10.5. The van der Waals surface area contributed by atoms with Crippen molar-refractivity contribution in [1.82, 2.24) is 14.7 Å². The van der Waals surface area contributed by atoms with Crippen molar-refractivity contribution in [2.24, 2.45) is 5.41 Å². The van der Waals surface area contributed by atoms with E-state index in [-0.39, 0.29) is 5.91 Å². The predicted octanol–water partition coefficient (Wildman–Crippen LogP) is 5.86. The van der Waals surface area contributed by atoms with Gasteiger partial charge in [-0.2, -0.15) is 0 Å². The van der Waals surface area contributed by atoms with E-state index in [4.69, 9.17) is 11.6 Å². The molecule has 2 aromatic carbocycles. The van der Waals surface area contributed by atoms with Gasteiger partial charge in [0.25, 0.3) is 5.91 Å². The Morgan fingerprint density at radius 3 is 2.51 bits per heavy atom. The number of rotatable bonds is 6. The largest absolute Gasteiger partial charge is 0.370 e. The van der Waals surface area contributed by atoms with Crippen LogP contribution in [0, 0.1) is 5.41 Å². The van der Waals surface area contributed by atoms with Crippen molar-refractivity contribution >= 4 is 28.8 Å². The highest BCUT2D eigenvalue weighted by molar-refractivity contribution is 6.30. The van der Waals surface area contributed by atoms with Gasteiger partial charge in [0.05, 0.1) is 10.7 Å². The third kappa shape index (κ3) is 4.08. The molecular formula is C29H29ClN4O. The molecule has 6 rings (SSSR count). The summed E-state index contributed by atoms with van der Waals surface area (Å²) < 4.78 is 1.78. The summed E-state index contributed by atoms with van der Waals surface area (Å²) in [6.07, 6.45) is 5.02. The fraction of sp³-hybridized carbons (Fsp3) is 0.310. The second kappa shape index (κ2) is 8.72. The zero-order chi connectivity index (χ0) is 24.0. The number of pyridine rings is 1. The summed E-state index contributed by atoms with van der Waals surface area (Å²) in [5.41, 5.74) is 6.39. The third-order valence-corrected chi connectivity index (χ3v) is 7.87. The summed E-state index contributed by atoms with van der Waals surface area (Å²) in [6, 6.07) is 23.1. The molecule has 0 unspecified atom stereocenters. The number of carbonyl (C=O) groups excluding carboxylic acids is 1. The Morgan fingerprint density at radius 1 is 1.06 bits per heavy atom. The number of imidazole rings is 1. The molecular weight excluding hydrogens is 456 g/mol. The minimum absolute atomic E-state index is 0.136. The molecule has 0 radical (unpaired) electrons. The molecule has 35 heavy (non-hydrogen) atoms. The number of hydrogen-bond donors (Lipinski definition) is 1. The summed E-state index contributed by atoms with van der Waals surface area (Å²) in [5, 5.41) is 3.64. The van der Waals surface area contributed by atoms with Crippen molar-refractivity contribution in [3.05, 3.63) is 100 Å². The topological polar surface area (TPSA) is 49.6 Å². The van der Waals surface area contributed by atoms with E-state index in [1.165, 1.54) is 24.1 Å². The number of aromatic nitrogens is 2. The summed E-state index contributed by atoms with van der Waals surface area (Å²) in [7, 11) is 0. The van der Waals surface area contributed by atoms with Crippen molar-refractivity contribution in [2.45, 2.75) is 38.6 Å². The van der Waals surface area contributed by atoms with Gasteiger partial charge in [-0.3, -0.25) is 9.20 Å². The van der Waals surface area contributed by atoms with Gasteiger partial charge >= 0.3 is 0 Å². The lowest BCUT2D eigenvalue weighted by atomic mass is 9.56. The SMILES string of the molecule is CCc1nc2ccc(Cl)cn2c1C(=O)NCc1ccc(N2CC3(CC(c4ccccc4)C3)C2)cc1. The maximum atomic E-state index is 13.0. The average Bonchev–Trinajstić information content (AvgIpc) is 3.20. The number of hydrogen-bond acceptors (Lipinski definition) is 3. The first kappa shape index (κ1) is 22.2. The Hall–Kier alpha value is -3.31. The molecule has 1 amide bonds. The quantitative estimate of drug-likeness (QED) is 0.372. The summed E-state index contributed by atoms with van der Waals surface area (Å²) in [5.74, 6) is 0.588. The summed E-state index contributed by atoms with van der Waals surface area (Å²) in [6.45, 7) is 4.76. The van der Waals surface area contributed by atoms with Crippen LogP contribution in [0.2, 0.25) is 5.02 Å². The molecule has 2 aliphatic rings. The molecule has 0 atom stereocenters. The smallest absolute Gasteiger partial charge is 0.270 e. The highest BCUT2D eigenvalue weighted by atomic mass is 35.5. The van der Waals surface area contributed by atoms with Crippen molar-refractivity contribution in [2.75, 3.05) is 18.0 Å². The molecule has 1 N–H and O–H groups in total. The summed E-state index contributed by atoms with van der Waals surface area (Å²) in [4.78, 5) is 20.1. The van der Waals surface area contributed by atoms with Gasteiger partial charge in [-0.15, -0.1) is 0 Å². The minimum Gasteiger partial charge on any atom is -0.370 e. The van der Waals surface area contributed by atoms with Gasteiger partial charge in [0.1, 0.15) is 11.3 Å². The van der Waals surface area contributed by atoms with Crippen molar-refractivity contribution in [3.8, 4) is 0 Å².